The van der Waals surface area contributed by atoms with Crippen LogP contribution in [0.5, 0.6) is 0 Å². The Hall–Kier alpha value is -1.54. The predicted octanol–water partition coefficient (Wildman–Crippen LogP) is 4.46. The van der Waals surface area contributed by atoms with E-state index in [1.54, 1.807) is 51.1 Å². The van der Waals surface area contributed by atoms with Gasteiger partial charge in [0.2, 0.25) is 0 Å². The van der Waals surface area contributed by atoms with E-state index in [1.165, 1.54) is 6.92 Å². The molecule has 0 fully saturated rings. The summed E-state index contributed by atoms with van der Waals surface area (Å²) in [4.78, 5) is 11.6. The van der Waals surface area contributed by atoms with Gasteiger partial charge in [0.1, 0.15) is 16.1 Å². The normalized spacial score (nSPS) is 15.5. The number of esters is 1. The van der Waals surface area contributed by atoms with E-state index in [1.807, 2.05) is 0 Å². The van der Waals surface area contributed by atoms with Crippen molar-refractivity contribution in [1.82, 2.24) is 0 Å². The maximum absolute atomic E-state index is 13.4. The average Bonchev–Trinajstić information content (AvgIpc) is 2.52. The molecule has 0 amide bonds. The predicted molar refractivity (Wildman–Crippen MR) is 96.3 cm³/mol. The van der Waals surface area contributed by atoms with Gasteiger partial charge < -0.3 is 9.29 Å². The molecule has 2 atom stereocenters. The van der Waals surface area contributed by atoms with Crippen LogP contribution in [-0.4, -0.2) is 33.8 Å². The highest BCUT2D eigenvalue weighted by molar-refractivity contribution is 7.91. The van der Waals surface area contributed by atoms with Crippen molar-refractivity contribution in [3.05, 3.63) is 35.9 Å². The van der Waals surface area contributed by atoms with Crippen LogP contribution in [0.1, 0.15) is 46.1 Å². The lowest BCUT2D eigenvalue weighted by Crippen LogP contribution is -2.31. The minimum Gasteiger partial charge on any atom is -0.591 e. The van der Waals surface area contributed by atoms with Gasteiger partial charge in [0.05, 0.1) is 24.7 Å². The topological polar surface area (TPSA) is 61.7 Å². The number of carbonyl (C=O) groups excluding carboxylic acids is 1. The molecule has 0 radical (unpaired) electrons. The summed E-state index contributed by atoms with van der Waals surface area (Å²) >= 11 is -1.72. The third-order valence-corrected chi connectivity index (χ3v) is 4.88. The van der Waals surface area contributed by atoms with Crippen molar-refractivity contribution < 1.29 is 27.3 Å². The van der Waals surface area contributed by atoms with Gasteiger partial charge in [0.15, 0.2) is 0 Å². The summed E-state index contributed by atoms with van der Waals surface area (Å²) in [5, 5.41) is 0. The summed E-state index contributed by atoms with van der Waals surface area (Å²) in [6.07, 6.45) is -5.95. The number of halogens is 3. The highest BCUT2D eigenvalue weighted by Crippen LogP contribution is 2.33. The summed E-state index contributed by atoms with van der Waals surface area (Å²) in [7, 11) is 0. The van der Waals surface area contributed by atoms with Crippen LogP contribution in [0.15, 0.2) is 34.7 Å². The van der Waals surface area contributed by atoms with Crippen LogP contribution in [0.25, 0.3) is 0 Å². The molecule has 0 bridgehead atoms. The van der Waals surface area contributed by atoms with Crippen molar-refractivity contribution in [2.24, 2.45) is 10.3 Å². The molecule has 0 heterocycles. The largest absolute Gasteiger partial charge is 0.591 e. The van der Waals surface area contributed by atoms with Crippen molar-refractivity contribution in [2.75, 3.05) is 6.61 Å². The zero-order valence-corrected chi connectivity index (χ0v) is 16.1. The van der Waals surface area contributed by atoms with E-state index in [0.717, 1.165) is 0 Å². The Morgan fingerprint density at radius 2 is 1.77 bits per heavy atom. The first kappa shape index (κ1) is 22.5. The second kappa shape index (κ2) is 9.41. The van der Waals surface area contributed by atoms with Crippen LogP contribution >= 0.6 is 0 Å². The Bertz CT molecular complexity index is 612. The molecule has 0 N–H and O–H groups in total. The molecule has 0 saturated heterocycles. The molecule has 0 aliphatic carbocycles. The zero-order valence-electron chi connectivity index (χ0n) is 15.3. The third-order valence-electron chi connectivity index (χ3n) is 3.45. The van der Waals surface area contributed by atoms with Gasteiger partial charge in [-0.3, -0.25) is 4.79 Å². The van der Waals surface area contributed by atoms with Gasteiger partial charge in [0.25, 0.3) is 0 Å². The monoisotopic (exact) mass is 391 g/mol. The minimum atomic E-state index is -4.61. The maximum atomic E-state index is 13.4. The highest BCUT2D eigenvalue weighted by Gasteiger charge is 2.42. The number of nitrogens with zero attached hydrogens (tertiary/aromatic N) is 1. The molecule has 1 aromatic carbocycles. The van der Waals surface area contributed by atoms with Crippen LogP contribution in [0, 0.1) is 5.92 Å². The van der Waals surface area contributed by atoms with Crippen molar-refractivity contribution in [1.29, 1.82) is 0 Å². The fourth-order valence-corrected chi connectivity index (χ4v) is 2.69. The molecule has 4 nitrogen and oxygen atoms in total. The summed E-state index contributed by atoms with van der Waals surface area (Å²) in [5.74, 6) is -2.88. The molecule has 0 aromatic heterocycles. The number of ether oxygens (including phenoxy) is 1. The van der Waals surface area contributed by atoms with Gasteiger partial charge in [-0.1, -0.05) is 34.7 Å². The van der Waals surface area contributed by atoms with Gasteiger partial charge in [-0.25, -0.2) is 0 Å². The van der Waals surface area contributed by atoms with Crippen LogP contribution in [0.2, 0.25) is 0 Å². The van der Waals surface area contributed by atoms with Gasteiger partial charge in [-0.05, 0) is 27.7 Å². The van der Waals surface area contributed by atoms with Gasteiger partial charge in [-0.2, -0.15) is 13.2 Å². The number of hydrogen-bond acceptors (Lipinski definition) is 4. The first-order chi connectivity index (χ1) is 11.9. The Kier molecular flexibility index (Phi) is 8.15. The smallest absolute Gasteiger partial charge is 0.392 e. The first-order valence-electron chi connectivity index (χ1n) is 8.22. The number of alkyl halides is 3. The third kappa shape index (κ3) is 7.37. The maximum Gasteiger partial charge on any atom is 0.392 e. The Labute approximate surface area is 155 Å². The molecule has 0 aliphatic rings. The van der Waals surface area contributed by atoms with Crippen LogP contribution in [-0.2, 0) is 20.9 Å². The van der Waals surface area contributed by atoms with E-state index in [2.05, 4.69) is 9.13 Å². The van der Waals surface area contributed by atoms with Gasteiger partial charge in [-0.15, -0.1) is 0 Å². The number of benzene rings is 1. The molecule has 0 aliphatic heterocycles. The number of hydrogen-bond donors (Lipinski definition) is 0. The van der Waals surface area contributed by atoms with E-state index in [0.29, 0.717) is 5.56 Å². The average molecular weight is 391 g/mol. The molecule has 8 heteroatoms. The van der Waals surface area contributed by atoms with E-state index >= 15 is 0 Å². The molecule has 26 heavy (non-hydrogen) atoms. The molecule has 146 valence electrons. The Morgan fingerprint density at radius 3 is 2.23 bits per heavy atom. The lowest BCUT2D eigenvalue weighted by Gasteiger charge is -2.22. The fourth-order valence-electron chi connectivity index (χ4n) is 2.03. The Morgan fingerprint density at radius 1 is 1.19 bits per heavy atom. The number of carbonyl (C=O) groups is 1. The first-order valence-corrected chi connectivity index (χ1v) is 9.33. The van der Waals surface area contributed by atoms with E-state index < -0.39 is 47.0 Å². The van der Waals surface area contributed by atoms with E-state index in [4.69, 9.17) is 0 Å². The minimum absolute atomic E-state index is 0.0110. The second-order valence-corrected chi connectivity index (χ2v) is 8.62. The van der Waals surface area contributed by atoms with Gasteiger partial charge >= 0.3 is 12.1 Å². The summed E-state index contributed by atoms with van der Waals surface area (Å²) in [5.41, 5.74) is 0.508. The van der Waals surface area contributed by atoms with Crippen molar-refractivity contribution in [3.8, 4) is 0 Å². The fraction of sp³-hybridized carbons (Fsp3) is 0.556. The molecule has 1 unspecified atom stereocenters. The lowest BCUT2D eigenvalue weighted by molar-refractivity contribution is -0.182. The van der Waals surface area contributed by atoms with E-state index in [9.17, 15) is 22.5 Å². The molecular formula is C18H24F3NO3S. The SMILES string of the molecule is CCOC(=O)CC(CC(=N[S@@+]([O-])C(C)(C)C)c1ccccc1)C(F)(F)F. The standard InChI is InChI=1S/C18H24F3NO3S/c1-5-25-16(23)12-14(18(19,20)21)11-15(13-9-7-6-8-10-13)22-26(24)17(2,3)4/h6-10,14H,5,11-12H2,1-4H3/t14?,26-/m0/s1. The summed E-state index contributed by atoms with van der Waals surface area (Å²) in [6, 6.07) is 8.27. The van der Waals surface area contributed by atoms with Crippen LogP contribution < -0.4 is 0 Å². The quantitative estimate of drug-likeness (QED) is 0.392. The Balaban J connectivity index is 3.19. The second-order valence-electron chi connectivity index (χ2n) is 6.72. The molecule has 0 saturated carbocycles. The summed E-state index contributed by atoms with van der Waals surface area (Å²) in [6.45, 7) is 6.61. The highest BCUT2D eigenvalue weighted by atomic mass is 32.2. The van der Waals surface area contributed by atoms with Crippen molar-refractivity contribution >= 4 is 23.0 Å². The molecule has 1 aromatic rings. The van der Waals surface area contributed by atoms with Crippen LogP contribution in [0.3, 0.4) is 0 Å². The summed E-state index contributed by atoms with van der Waals surface area (Å²) < 4.78 is 60.6. The molecule has 1 rings (SSSR count). The van der Waals surface area contributed by atoms with Gasteiger partial charge in [0, 0.05) is 12.0 Å². The molecular weight excluding hydrogens is 367 g/mol. The van der Waals surface area contributed by atoms with E-state index in [-0.39, 0.29) is 12.3 Å². The molecule has 0 spiro atoms. The van der Waals surface area contributed by atoms with Crippen molar-refractivity contribution in [3.63, 3.8) is 0 Å². The van der Waals surface area contributed by atoms with Crippen molar-refractivity contribution in [2.45, 2.75) is 51.5 Å². The lowest BCUT2D eigenvalue weighted by atomic mass is 9.94. The van der Waals surface area contributed by atoms with Crippen LogP contribution in [0.4, 0.5) is 13.2 Å². The zero-order chi connectivity index (χ0) is 20.0. The number of rotatable bonds is 7.